The molecule has 10 nitrogen and oxygen atoms in total. The van der Waals surface area contributed by atoms with Crippen molar-refractivity contribution in [3.05, 3.63) is 47.2 Å². The van der Waals surface area contributed by atoms with Crippen LogP contribution >= 0.6 is 0 Å². The third kappa shape index (κ3) is 8.84. The molecule has 0 bridgehead atoms. The van der Waals surface area contributed by atoms with Gasteiger partial charge in [-0.3, -0.25) is 9.59 Å². The first kappa shape index (κ1) is 32.1. The maximum Gasteiger partial charge on any atom is 0.389 e. The fourth-order valence-electron chi connectivity index (χ4n) is 4.71. The lowest BCUT2D eigenvalue weighted by Gasteiger charge is -2.33. The van der Waals surface area contributed by atoms with Gasteiger partial charge in [-0.1, -0.05) is 5.16 Å². The Morgan fingerprint density at radius 1 is 1.09 bits per heavy atom. The maximum absolute atomic E-state index is 13.9. The van der Waals surface area contributed by atoms with Crippen LogP contribution in [0.4, 0.5) is 35.1 Å². The van der Waals surface area contributed by atoms with Gasteiger partial charge in [0.2, 0.25) is 11.8 Å². The van der Waals surface area contributed by atoms with Gasteiger partial charge < -0.3 is 20.3 Å². The largest absolute Gasteiger partial charge is 0.389 e. The third-order valence-corrected chi connectivity index (χ3v) is 6.98. The molecule has 0 spiro atoms. The zero-order valence-corrected chi connectivity index (χ0v) is 22.2. The number of hydrogen-bond acceptors (Lipinski definition) is 7. The van der Waals surface area contributed by atoms with Crippen LogP contribution in [0.2, 0.25) is 0 Å². The van der Waals surface area contributed by atoms with Crippen molar-refractivity contribution in [1.29, 1.82) is 0 Å². The van der Waals surface area contributed by atoms with Crippen LogP contribution in [0.3, 0.4) is 0 Å². The molecule has 2 amide bonds. The Morgan fingerprint density at radius 3 is 2.42 bits per heavy atom. The summed E-state index contributed by atoms with van der Waals surface area (Å²) in [6.45, 7) is 0. The van der Waals surface area contributed by atoms with Gasteiger partial charge in [0.05, 0.1) is 36.2 Å². The number of alkyl halides is 8. The molecular weight excluding hydrogens is 600 g/mol. The lowest BCUT2D eigenvalue weighted by molar-refractivity contribution is -0.145. The summed E-state index contributed by atoms with van der Waals surface area (Å²) in [5.74, 6) is -5.37. The van der Waals surface area contributed by atoms with Crippen LogP contribution < -0.4 is 10.6 Å². The Kier molecular flexibility index (Phi) is 9.27. The number of carbonyl (C=O) groups excluding carboxylic acids is 2. The fraction of sp³-hybridized carbons (Fsp3) is 0.560. The Bertz CT molecular complexity index is 1430. The minimum atomic E-state index is -4.56. The lowest BCUT2D eigenvalue weighted by atomic mass is 9.81. The molecule has 3 N–H and O–H groups in total. The molecule has 43 heavy (non-hydrogen) atoms. The normalized spacial score (nSPS) is 17.5. The number of carbonyl (C=O) groups is 2. The van der Waals surface area contributed by atoms with Crippen molar-refractivity contribution in [2.75, 3.05) is 0 Å². The van der Waals surface area contributed by atoms with E-state index in [4.69, 9.17) is 4.52 Å². The molecule has 18 heteroatoms. The van der Waals surface area contributed by atoms with Crippen LogP contribution in [-0.2, 0) is 11.2 Å². The van der Waals surface area contributed by atoms with E-state index in [-0.39, 0.29) is 41.0 Å². The summed E-state index contributed by atoms with van der Waals surface area (Å²) in [7, 11) is 0. The Balaban J connectivity index is 1.55. The van der Waals surface area contributed by atoms with Gasteiger partial charge in [-0.25, -0.2) is 18.3 Å². The molecule has 2 atom stereocenters. The van der Waals surface area contributed by atoms with E-state index in [2.05, 4.69) is 20.6 Å². The first-order valence-electron chi connectivity index (χ1n) is 13.1. The quantitative estimate of drug-likeness (QED) is 0.214. The third-order valence-electron chi connectivity index (χ3n) is 6.98. The molecule has 4 rings (SSSR count). The standard InChI is InChI=1S/C25H26F8N6O4/c26-23(27)5-1-13(2-6-23)20(37-22(42)15-12-43-38-16(15)3-7-24(28,29)30)17-11-39-18(35-17)9-14(10-34-39)21(41)36-19(40)4-8-25(31,32)33/h9-13,20-21,41H,1-8H2,(H,36,40)(H,37,42)/t20-,21+/m0/s1. The van der Waals surface area contributed by atoms with Gasteiger partial charge in [0.1, 0.15) is 11.8 Å². The zero-order valence-electron chi connectivity index (χ0n) is 22.2. The molecule has 0 unspecified atom stereocenters. The number of fused-ring (bicyclic) bond motifs is 1. The summed E-state index contributed by atoms with van der Waals surface area (Å²) in [5, 5.41) is 22.5. The predicted molar refractivity (Wildman–Crippen MR) is 129 cm³/mol. The Labute approximate surface area is 237 Å². The highest BCUT2D eigenvalue weighted by atomic mass is 19.4. The van der Waals surface area contributed by atoms with Crippen molar-refractivity contribution in [3.63, 3.8) is 0 Å². The average molecular weight is 627 g/mol. The molecule has 0 saturated heterocycles. The summed E-state index contributed by atoms with van der Waals surface area (Å²) < 4.78 is 109. The van der Waals surface area contributed by atoms with E-state index in [0.717, 1.165) is 12.5 Å². The smallest absolute Gasteiger partial charge is 0.369 e. The van der Waals surface area contributed by atoms with Gasteiger partial charge >= 0.3 is 12.4 Å². The number of amides is 2. The number of halogens is 8. The van der Waals surface area contributed by atoms with Crippen molar-refractivity contribution in [2.24, 2.45) is 5.92 Å². The number of aliphatic hydroxyl groups excluding tert-OH is 1. The number of nitrogens with zero attached hydrogens (tertiary/aromatic N) is 4. The van der Waals surface area contributed by atoms with Crippen molar-refractivity contribution in [1.82, 2.24) is 30.4 Å². The second-order valence-corrected chi connectivity index (χ2v) is 10.3. The van der Waals surface area contributed by atoms with Crippen molar-refractivity contribution >= 4 is 17.5 Å². The van der Waals surface area contributed by atoms with E-state index in [1.54, 1.807) is 0 Å². The molecular formula is C25H26F8N6O4. The SMILES string of the molecule is O=C(CCC(F)(F)F)N[C@H](O)c1cnn2cc([C@@H](NC(=O)c3conc3CCC(F)(F)F)C3CCC(F)(F)CC3)nc2c1. The second-order valence-electron chi connectivity index (χ2n) is 10.3. The summed E-state index contributed by atoms with van der Waals surface area (Å²) in [6, 6.07) is 0.278. The highest BCUT2D eigenvalue weighted by Crippen LogP contribution is 2.41. The first-order valence-corrected chi connectivity index (χ1v) is 13.1. The van der Waals surface area contributed by atoms with Crippen molar-refractivity contribution in [3.8, 4) is 0 Å². The van der Waals surface area contributed by atoms with Crippen molar-refractivity contribution in [2.45, 2.75) is 81.9 Å². The van der Waals surface area contributed by atoms with Crippen LogP contribution in [0, 0.1) is 5.92 Å². The maximum atomic E-state index is 13.9. The van der Waals surface area contributed by atoms with Gasteiger partial charge in [-0.2, -0.15) is 31.4 Å². The molecule has 3 heterocycles. The summed E-state index contributed by atoms with van der Waals surface area (Å²) in [6.07, 6.45) is -12.6. The summed E-state index contributed by atoms with van der Waals surface area (Å²) in [5.41, 5.74) is -0.292. The van der Waals surface area contributed by atoms with E-state index in [1.165, 1.54) is 16.8 Å². The number of nitrogens with one attached hydrogen (secondary N) is 2. The molecule has 236 valence electrons. The van der Waals surface area contributed by atoms with Crippen molar-refractivity contribution < 1.29 is 54.3 Å². The Morgan fingerprint density at radius 2 is 1.77 bits per heavy atom. The van der Waals surface area contributed by atoms with Gasteiger partial charge in [0, 0.05) is 37.7 Å². The summed E-state index contributed by atoms with van der Waals surface area (Å²) >= 11 is 0. The molecule has 1 saturated carbocycles. The monoisotopic (exact) mass is 626 g/mol. The fourth-order valence-corrected chi connectivity index (χ4v) is 4.71. The van der Waals surface area contributed by atoms with E-state index in [0.29, 0.717) is 0 Å². The molecule has 3 aromatic heterocycles. The molecule has 0 radical (unpaired) electrons. The molecule has 3 aromatic rings. The molecule has 0 aromatic carbocycles. The zero-order chi connectivity index (χ0) is 31.6. The number of rotatable bonds is 10. The molecule has 1 aliphatic carbocycles. The molecule has 1 aliphatic rings. The number of hydrogen-bond donors (Lipinski definition) is 3. The minimum Gasteiger partial charge on any atom is -0.369 e. The summed E-state index contributed by atoms with van der Waals surface area (Å²) in [4.78, 5) is 29.3. The van der Waals surface area contributed by atoms with Gasteiger partial charge in [-0.05, 0) is 24.8 Å². The highest BCUT2D eigenvalue weighted by molar-refractivity contribution is 5.95. The van der Waals surface area contributed by atoms with Gasteiger partial charge in [-0.15, -0.1) is 0 Å². The predicted octanol–water partition coefficient (Wildman–Crippen LogP) is 4.96. The molecule has 0 aliphatic heterocycles. The van der Waals surface area contributed by atoms with Crippen LogP contribution in [0.15, 0.2) is 29.2 Å². The number of imidazole rings is 1. The minimum absolute atomic E-state index is 0.0161. The van der Waals surface area contributed by atoms with Crippen LogP contribution in [-0.4, -0.2) is 55.0 Å². The number of aryl methyl sites for hydroxylation is 1. The molecule has 1 fully saturated rings. The van der Waals surface area contributed by atoms with E-state index in [9.17, 15) is 49.8 Å². The van der Waals surface area contributed by atoms with Gasteiger partial charge in [0.25, 0.3) is 5.91 Å². The van der Waals surface area contributed by atoms with Crippen LogP contribution in [0.5, 0.6) is 0 Å². The van der Waals surface area contributed by atoms with Crippen LogP contribution in [0.25, 0.3) is 5.65 Å². The lowest BCUT2D eigenvalue weighted by Crippen LogP contribution is -2.37. The van der Waals surface area contributed by atoms with Crippen LogP contribution in [0.1, 0.15) is 84.5 Å². The van der Waals surface area contributed by atoms with E-state index < -0.39 is 86.8 Å². The second kappa shape index (κ2) is 12.4. The Hall–Kier alpha value is -3.83. The average Bonchev–Trinajstić information content (AvgIpc) is 3.55. The van der Waals surface area contributed by atoms with Gasteiger partial charge in [0.15, 0.2) is 11.9 Å². The highest BCUT2D eigenvalue weighted by Gasteiger charge is 2.40. The number of aliphatic hydroxyl groups is 1. The van der Waals surface area contributed by atoms with E-state index >= 15 is 0 Å². The topological polar surface area (TPSA) is 135 Å². The number of aromatic nitrogens is 4. The van der Waals surface area contributed by atoms with E-state index in [1.807, 2.05) is 5.32 Å². The first-order chi connectivity index (χ1) is 20.0.